The van der Waals surface area contributed by atoms with E-state index in [1.54, 1.807) is 17.5 Å². The van der Waals surface area contributed by atoms with E-state index in [9.17, 15) is 0 Å². The summed E-state index contributed by atoms with van der Waals surface area (Å²) in [6, 6.07) is 11.8. The number of benzene rings is 1. The summed E-state index contributed by atoms with van der Waals surface area (Å²) in [6.45, 7) is 0. The molecule has 96 valence electrons. The SMILES string of the molecule is c1ccc2ncc(Oc3ncnc4ccsc34)cc2c1. The first-order valence-electron chi connectivity index (χ1n) is 6.11. The molecule has 0 spiro atoms. The van der Waals surface area contributed by atoms with Crippen molar-refractivity contribution in [2.24, 2.45) is 0 Å². The van der Waals surface area contributed by atoms with Crippen LogP contribution in [0.25, 0.3) is 21.1 Å². The smallest absolute Gasteiger partial charge is 0.240 e. The average molecular weight is 279 g/mol. The van der Waals surface area contributed by atoms with Crippen LogP contribution in [-0.2, 0) is 0 Å². The third kappa shape index (κ3) is 1.88. The number of aromatic nitrogens is 3. The van der Waals surface area contributed by atoms with Crippen molar-refractivity contribution in [2.75, 3.05) is 0 Å². The summed E-state index contributed by atoms with van der Waals surface area (Å²) in [5.74, 6) is 1.25. The van der Waals surface area contributed by atoms with Crippen molar-refractivity contribution in [1.29, 1.82) is 0 Å². The monoisotopic (exact) mass is 279 g/mol. The Hall–Kier alpha value is -2.53. The minimum atomic E-state index is 0.571. The number of hydrogen-bond acceptors (Lipinski definition) is 5. The van der Waals surface area contributed by atoms with Crippen LogP contribution in [0.2, 0.25) is 0 Å². The summed E-state index contributed by atoms with van der Waals surface area (Å²) < 4.78 is 6.80. The van der Waals surface area contributed by atoms with Crippen LogP contribution in [0.3, 0.4) is 0 Å². The number of thiophene rings is 1. The van der Waals surface area contributed by atoms with Gasteiger partial charge in [0.05, 0.1) is 17.2 Å². The lowest BCUT2D eigenvalue weighted by molar-refractivity contribution is 0.468. The number of hydrogen-bond donors (Lipinski definition) is 0. The molecule has 4 aromatic rings. The lowest BCUT2D eigenvalue weighted by atomic mass is 10.2. The third-order valence-corrected chi connectivity index (χ3v) is 3.88. The van der Waals surface area contributed by atoms with E-state index in [1.807, 2.05) is 41.8 Å². The first-order valence-corrected chi connectivity index (χ1v) is 6.99. The molecule has 0 unspecified atom stereocenters. The van der Waals surface area contributed by atoms with Crippen LogP contribution in [0.15, 0.2) is 54.3 Å². The molecular formula is C15H9N3OS. The molecule has 5 heteroatoms. The van der Waals surface area contributed by atoms with Gasteiger partial charge in [-0.2, -0.15) is 0 Å². The predicted molar refractivity (Wildman–Crippen MR) is 79.2 cm³/mol. The van der Waals surface area contributed by atoms with Crippen molar-refractivity contribution in [3.8, 4) is 11.6 Å². The highest BCUT2D eigenvalue weighted by atomic mass is 32.1. The average Bonchev–Trinajstić information content (AvgIpc) is 2.97. The second kappa shape index (κ2) is 4.54. The molecule has 0 N–H and O–H groups in total. The van der Waals surface area contributed by atoms with Gasteiger partial charge in [-0.3, -0.25) is 4.98 Å². The van der Waals surface area contributed by atoms with Crippen LogP contribution in [-0.4, -0.2) is 15.0 Å². The van der Waals surface area contributed by atoms with E-state index in [1.165, 1.54) is 6.33 Å². The minimum absolute atomic E-state index is 0.571. The van der Waals surface area contributed by atoms with Crippen LogP contribution in [0, 0.1) is 0 Å². The summed E-state index contributed by atoms with van der Waals surface area (Å²) in [7, 11) is 0. The molecule has 4 rings (SSSR count). The van der Waals surface area contributed by atoms with Crippen LogP contribution in [0.4, 0.5) is 0 Å². The normalized spacial score (nSPS) is 11.0. The molecule has 3 heterocycles. The Morgan fingerprint density at radius 2 is 1.90 bits per heavy atom. The number of ether oxygens (including phenoxy) is 1. The topological polar surface area (TPSA) is 47.9 Å². The van der Waals surface area contributed by atoms with Gasteiger partial charge in [-0.25, -0.2) is 9.97 Å². The van der Waals surface area contributed by atoms with Gasteiger partial charge >= 0.3 is 0 Å². The summed E-state index contributed by atoms with van der Waals surface area (Å²) in [6.07, 6.45) is 3.22. The van der Waals surface area contributed by atoms with Crippen LogP contribution >= 0.6 is 11.3 Å². The van der Waals surface area contributed by atoms with Gasteiger partial charge in [0, 0.05) is 5.39 Å². The van der Waals surface area contributed by atoms with Crippen molar-refractivity contribution in [3.05, 3.63) is 54.3 Å². The Labute approximate surface area is 118 Å². The molecule has 0 fully saturated rings. The Kier molecular flexibility index (Phi) is 2.57. The molecule has 0 aliphatic carbocycles. The number of nitrogens with zero attached hydrogens (tertiary/aromatic N) is 3. The van der Waals surface area contributed by atoms with Gasteiger partial charge in [0.15, 0.2) is 0 Å². The molecular weight excluding hydrogens is 270 g/mol. The predicted octanol–water partition coefficient (Wildman–Crippen LogP) is 4.03. The van der Waals surface area contributed by atoms with Crippen molar-refractivity contribution in [3.63, 3.8) is 0 Å². The van der Waals surface area contributed by atoms with Crippen molar-refractivity contribution in [2.45, 2.75) is 0 Å². The number of pyridine rings is 1. The Bertz CT molecular complexity index is 904. The van der Waals surface area contributed by atoms with Crippen LogP contribution in [0.5, 0.6) is 11.6 Å². The zero-order chi connectivity index (χ0) is 13.4. The summed E-state index contributed by atoms with van der Waals surface area (Å²) in [4.78, 5) is 12.8. The van der Waals surface area contributed by atoms with Crippen LogP contribution in [0.1, 0.15) is 0 Å². The molecule has 0 saturated heterocycles. The molecule has 0 radical (unpaired) electrons. The van der Waals surface area contributed by atoms with E-state index in [0.29, 0.717) is 11.6 Å². The van der Waals surface area contributed by atoms with Gasteiger partial charge in [0.1, 0.15) is 16.8 Å². The molecule has 20 heavy (non-hydrogen) atoms. The highest BCUT2D eigenvalue weighted by Gasteiger charge is 2.08. The molecule has 0 saturated carbocycles. The Morgan fingerprint density at radius 3 is 2.90 bits per heavy atom. The lowest BCUT2D eigenvalue weighted by Gasteiger charge is -2.05. The van der Waals surface area contributed by atoms with Crippen molar-refractivity contribution >= 4 is 32.5 Å². The minimum Gasteiger partial charge on any atom is -0.436 e. The van der Waals surface area contributed by atoms with E-state index in [4.69, 9.17) is 4.74 Å². The summed E-state index contributed by atoms with van der Waals surface area (Å²) >= 11 is 1.57. The second-order valence-electron chi connectivity index (χ2n) is 4.28. The molecule has 0 aliphatic rings. The van der Waals surface area contributed by atoms with E-state index >= 15 is 0 Å². The first-order chi connectivity index (χ1) is 9.90. The van der Waals surface area contributed by atoms with Gasteiger partial charge in [-0.05, 0) is 23.6 Å². The fourth-order valence-electron chi connectivity index (χ4n) is 2.06. The summed E-state index contributed by atoms with van der Waals surface area (Å²) in [5.41, 5.74) is 1.84. The maximum absolute atomic E-state index is 5.85. The van der Waals surface area contributed by atoms with Crippen molar-refractivity contribution < 1.29 is 4.74 Å². The molecule has 0 atom stereocenters. The molecule has 0 aliphatic heterocycles. The zero-order valence-corrected chi connectivity index (χ0v) is 11.2. The molecule has 1 aromatic carbocycles. The van der Waals surface area contributed by atoms with Crippen molar-refractivity contribution in [1.82, 2.24) is 15.0 Å². The number of fused-ring (bicyclic) bond motifs is 2. The molecule has 3 aromatic heterocycles. The van der Waals surface area contributed by atoms with E-state index < -0.39 is 0 Å². The van der Waals surface area contributed by atoms with Crippen LogP contribution < -0.4 is 4.74 Å². The largest absolute Gasteiger partial charge is 0.436 e. The number of para-hydroxylation sites is 1. The molecule has 4 nitrogen and oxygen atoms in total. The zero-order valence-electron chi connectivity index (χ0n) is 10.4. The standard InChI is InChI=1S/C15H9N3OS/c1-2-4-12-10(3-1)7-11(8-16-12)19-15-14-13(5-6-20-14)17-9-18-15/h1-9H. The highest BCUT2D eigenvalue weighted by Crippen LogP contribution is 2.30. The fourth-order valence-corrected chi connectivity index (χ4v) is 2.83. The van der Waals surface area contributed by atoms with E-state index in [2.05, 4.69) is 15.0 Å². The maximum atomic E-state index is 5.85. The first kappa shape index (κ1) is 11.3. The van der Waals surface area contributed by atoms with Gasteiger partial charge < -0.3 is 4.74 Å². The Balaban J connectivity index is 1.78. The fraction of sp³-hybridized carbons (Fsp3) is 0. The molecule has 0 amide bonds. The van der Waals surface area contributed by atoms with Gasteiger partial charge in [-0.1, -0.05) is 18.2 Å². The maximum Gasteiger partial charge on any atom is 0.240 e. The Morgan fingerprint density at radius 1 is 0.950 bits per heavy atom. The quantitative estimate of drug-likeness (QED) is 0.556. The lowest BCUT2D eigenvalue weighted by Crippen LogP contribution is -1.90. The van der Waals surface area contributed by atoms with Gasteiger partial charge in [0.2, 0.25) is 5.88 Å². The van der Waals surface area contributed by atoms with Gasteiger partial charge in [0.25, 0.3) is 0 Å². The highest BCUT2D eigenvalue weighted by molar-refractivity contribution is 7.17. The molecule has 0 bridgehead atoms. The van der Waals surface area contributed by atoms with E-state index in [0.717, 1.165) is 21.1 Å². The van der Waals surface area contributed by atoms with E-state index in [-0.39, 0.29) is 0 Å². The third-order valence-electron chi connectivity index (χ3n) is 2.99. The van der Waals surface area contributed by atoms with Gasteiger partial charge in [-0.15, -0.1) is 11.3 Å². The second-order valence-corrected chi connectivity index (χ2v) is 5.20. The number of rotatable bonds is 2. The summed E-state index contributed by atoms with van der Waals surface area (Å²) in [5, 5.41) is 3.02.